The van der Waals surface area contributed by atoms with Crippen LogP contribution in [0.15, 0.2) is 36.5 Å². The van der Waals surface area contributed by atoms with Gasteiger partial charge in [-0.25, -0.2) is 4.98 Å². The Morgan fingerprint density at radius 2 is 1.80 bits per heavy atom. The van der Waals surface area contributed by atoms with Gasteiger partial charge in [-0.1, -0.05) is 6.92 Å². The quantitative estimate of drug-likeness (QED) is 0.842. The number of anilines is 4. The first kappa shape index (κ1) is 17.5. The molecule has 1 saturated heterocycles. The number of hydrogen-bond acceptors (Lipinski definition) is 6. The standard InChI is InChI=1S/C19H28N6/c1-4-15(2)21-18-9-10-20-19(23-18)22-16-5-7-17(8-6-16)25-13-11-24(3)12-14-25/h5-10,15H,4,11-14H2,1-3H3,(H2,20,21,22,23). The van der Waals surface area contributed by atoms with Gasteiger partial charge in [0.15, 0.2) is 0 Å². The summed E-state index contributed by atoms with van der Waals surface area (Å²) in [5, 5.41) is 6.66. The van der Waals surface area contributed by atoms with Crippen molar-refractivity contribution in [2.75, 3.05) is 48.8 Å². The molecule has 0 saturated carbocycles. The van der Waals surface area contributed by atoms with E-state index in [1.54, 1.807) is 6.20 Å². The Bertz CT molecular complexity index is 664. The molecule has 0 amide bonds. The van der Waals surface area contributed by atoms with Gasteiger partial charge in [0, 0.05) is 49.8 Å². The number of benzene rings is 1. The van der Waals surface area contributed by atoms with Crippen molar-refractivity contribution in [2.24, 2.45) is 0 Å². The maximum Gasteiger partial charge on any atom is 0.229 e. The average Bonchev–Trinajstić information content (AvgIpc) is 2.63. The van der Waals surface area contributed by atoms with Crippen LogP contribution in [0.3, 0.4) is 0 Å². The van der Waals surface area contributed by atoms with Crippen LogP contribution in [0.25, 0.3) is 0 Å². The monoisotopic (exact) mass is 340 g/mol. The van der Waals surface area contributed by atoms with Crippen molar-refractivity contribution in [2.45, 2.75) is 26.3 Å². The minimum Gasteiger partial charge on any atom is -0.369 e. The molecule has 1 aromatic heterocycles. The first-order valence-corrected chi connectivity index (χ1v) is 9.04. The van der Waals surface area contributed by atoms with Crippen LogP contribution >= 0.6 is 0 Å². The lowest BCUT2D eigenvalue weighted by Gasteiger charge is -2.34. The molecule has 0 aliphatic carbocycles. The molecule has 2 N–H and O–H groups in total. The Hall–Kier alpha value is -2.34. The van der Waals surface area contributed by atoms with Crippen LogP contribution in [0.5, 0.6) is 0 Å². The fourth-order valence-corrected chi connectivity index (χ4v) is 2.80. The largest absolute Gasteiger partial charge is 0.369 e. The number of nitrogens with one attached hydrogen (secondary N) is 2. The minimum atomic E-state index is 0.394. The van der Waals surface area contributed by atoms with Crippen LogP contribution in [0, 0.1) is 0 Å². The van der Waals surface area contributed by atoms with Gasteiger partial charge in [-0.05, 0) is 50.7 Å². The summed E-state index contributed by atoms with van der Waals surface area (Å²) in [4.78, 5) is 13.6. The summed E-state index contributed by atoms with van der Waals surface area (Å²) in [6.07, 6.45) is 2.83. The van der Waals surface area contributed by atoms with E-state index < -0.39 is 0 Å². The van der Waals surface area contributed by atoms with E-state index in [1.165, 1.54) is 5.69 Å². The molecule has 2 heterocycles. The lowest BCUT2D eigenvalue weighted by Crippen LogP contribution is -2.44. The first-order valence-electron chi connectivity index (χ1n) is 9.04. The summed E-state index contributed by atoms with van der Waals surface area (Å²) in [7, 11) is 2.18. The Labute approximate surface area is 150 Å². The molecule has 3 rings (SSSR count). The molecule has 6 heteroatoms. The third-order valence-electron chi connectivity index (χ3n) is 4.65. The second-order valence-corrected chi connectivity index (χ2v) is 6.68. The molecule has 1 aromatic carbocycles. The van der Waals surface area contributed by atoms with E-state index in [1.807, 2.05) is 6.07 Å². The lowest BCUT2D eigenvalue weighted by molar-refractivity contribution is 0.313. The molecule has 0 spiro atoms. The van der Waals surface area contributed by atoms with Crippen LogP contribution in [-0.4, -0.2) is 54.1 Å². The first-order chi connectivity index (χ1) is 12.1. The van der Waals surface area contributed by atoms with Crippen molar-refractivity contribution in [3.63, 3.8) is 0 Å². The summed E-state index contributed by atoms with van der Waals surface area (Å²) in [5.41, 5.74) is 2.27. The highest BCUT2D eigenvalue weighted by Crippen LogP contribution is 2.21. The van der Waals surface area contributed by atoms with Crippen molar-refractivity contribution in [1.29, 1.82) is 0 Å². The van der Waals surface area contributed by atoms with Crippen LogP contribution < -0.4 is 15.5 Å². The van der Waals surface area contributed by atoms with E-state index in [0.29, 0.717) is 12.0 Å². The van der Waals surface area contributed by atoms with Gasteiger partial charge in [-0.2, -0.15) is 4.98 Å². The fraction of sp³-hybridized carbons (Fsp3) is 0.474. The van der Waals surface area contributed by atoms with Gasteiger partial charge in [0.25, 0.3) is 0 Å². The van der Waals surface area contributed by atoms with Gasteiger partial charge < -0.3 is 20.4 Å². The average molecular weight is 340 g/mol. The maximum atomic E-state index is 4.53. The predicted molar refractivity (Wildman–Crippen MR) is 105 cm³/mol. The lowest BCUT2D eigenvalue weighted by atomic mass is 10.2. The molecule has 1 unspecified atom stereocenters. The summed E-state index contributed by atoms with van der Waals surface area (Å²) >= 11 is 0. The van der Waals surface area contributed by atoms with E-state index >= 15 is 0 Å². The smallest absolute Gasteiger partial charge is 0.229 e. The summed E-state index contributed by atoms with van der Waals surface area (Å²) in [6.45, 7) is 8.69. The van der Waals surface area contributed by atoms with Gasteiger partial charge in [0.1, 0.15) is 5.82 Å². The summed E-state index contributed by atoms with van der Waals surface area (Å²) in [6, 6.07) is 10.8. The molecule has 2 aromatic rings. The zero-order chi connectivity index (χ0) is 17.6. The van der Waals surface area contributed by atoms with Gasteiger partial charge >= 0.3 is 0 Å². The van der Waals surface area contributed by atoms with Gasteiger partial charge in [-0.3, -0.25) is 0 Å². The summed E-state index contributed by atoms with van der Waals surface area (Å²) in [5.74, 6) is 1.46. The van der Waals surface area contributed by atoms with E-state index in [4.69, 9.17) is 0 Å². The highest BCUT2D eigenvalue weighted by Gasteiger charge is 2.14. The van der Waals surface area contributed by atoms with Crippen molar-refractivity contribution in [1.82, 2.24) is 14.9 Å². The fourth-order valence-electron chi connectivity index (χ4n) is 2.80. The molecule has 1 fully saturated rings. The van der Waals surface area contributed by atoms with Gasteiger partial charge in [0.05, 0.1) is 0 Å². The van der Waals surface area contributed by atoms with Crippen LogP contribution in [0.1, 0.15) is 20.3 Å². The molecular weight excluding hydrogens is 312 g/mol. The number of aromatic nitrogens is 2. The van der Waals surface area contributed by atoms with E-state index in [0.717, 1.165) is 44.1 Å². The number of likely N-dealkylation sites (N-methyl/N-ethyl adjacent to an activating group) is 1. The Kier molecular flexibility index (Phi) is 5.71. The molecular formula is C19H28N6. The Morgan fingerprint density at radius 1 is 1.08 bits per heavy atom. The van der Waals surface area contributed by atoms with Crippen molar-refractivity contribution in [3.05, 3.63) is 36.5 Å². The molecule has 6 nitrogen and oxygen atoms in total. The van der Waals surface area contributed by atoms with Crippen molar-refractivity contribution < 1.29 is 0 Å². The van der Waals surface area contributed by atoms with Crippen LogP contribution in [0.2, 0.25) is 0 Å². The van der Waals surface area contributed by atoms with Crippen LogP contribution in [-0.2, 0) is 0 Å². The van der Waals surface area contributed by atoms with E-state index in [9.17, 15) is 0 Å². The van der Waals surface area contributed by atoms with E-state index in [-0.39, 0.29) is 0 Å². The number of rotatable bonds is 6. The SMILES string of the molecule is CCC(C)Nc1ccnc(Nc2ccc(N3CCN(C)CC3)cc2)n1. The zero-order valence-electron chi connectivity index (χ0n) is 15.4. The van der Waals surface area contributed by atoms with Gasteiger partial charge in [-0.15, -0.1) is 0 Å². The molecule has 0 bridgehead atoms. The number of piperazine rings is 1. The highest BCUT2D eigenvalue weighted by atomic mass is 15.2. The highest BCUT2D eigenvalue weighted by molar-refractivity contribution is 5.60. The second kappa shape index (κ2) is 8.16. The minimum absolute atomic E-state index is 0.394. The van der Waals surface area contributed by atoms with Crippen molar-refractivity contribution in [3.8, 4) is 0 Å². The molecule has 1 aliphatic rings. The normalized spacial score (nSPS) is 16.5. The molecule has 25 heavy (non-hydrogen) atoms. The van der Waals surface area contributed by atoms with Crippen LogP contribution in [0.4, 0.5) is 23.1 Å². The topological polar surface area (TPSA) is 56.3 Å². The van der Waals surface area contributed by atoms with Crippen molar-refractivity contribution >= 4 is 23.1 Å². The molecule has 134 valence electrons. The number of nitrogens with zero attached hydrogens (tertiary/aromatic N) is 4. The molecule has 1 atom stereocenters. The third-order valence-corrected chi connectivity index (χ3v) is 4.65. The maximum absolute atomic E-state index is 4.53. The number of hydrogen-bond donors (Lipinski definition) is 2. The zero-order valence-corrected chi connectivity index (χ0v) is 15.4. The Balaban J connectivity index is 1.62. The predicted octanol–water partition coefficient (Wildman–Crippen LogP) is 3.18. The summed E-state index contributed by atoms with van der Waals surface area (Å²) < 4.78 is 0. The van der Waals surface area contributed by atoms with Gasteiger partial charge in [0.2, 0.25) is 5.95 Å². The molecule has 1 aliphatic heterocycles. The molecule has 0 radical (unpaired) electrons. The second-order valence-electron chi connectivity index (χ2n) is 6.68. The van der Waals surface area contributed by atoms with E-state index in [2.05, 4.69) is 75.6 Å². The Morgan fingerprint density at radius 3 is 2.48 bits per heavy atom. The third kappa shape index (κ3) is 4.82.